The van der Waals surface area contributed by atoms with Gasteiger partial charge in [0, 0.05) is 12.6 Å². The molecule has 1 heterocycles. The Morgan fingerprint density at radius 2 is 2.25 bits per heavy atom. The molecule has 0 fully saturated rings. The molecule has 0 bridgehead atoms. The third kappa shape index (κ3) is 1.95. The quantitative estimate of drug-likeness (QED) is 0.771. The molecule has 0 saturated heterocycles. The fourth-order valence-corrected chi connectivity index (χ4v) is 2.22. The summed E-state index contributed by atoms with van der Waals surface area (Å²) in [7, 11) is 0. The maximum absolute atomic E-state index is 11.9. The Hall–Kier alpha value is -1.35. The Labute approximate surface area is 95.8 Å². The minimum absolute atomic E-state index is 0.130. The average molecular weight is 219 g/mol. The molecule has 1 aliphatic heterocycles. The molecule has 1 aliphatic rings. The number of ether oxygens (including phenoxy) is 1. The van der Waals surface area contributed by atoms with Crippen molar-refractivity contribution >= 4 is 5.97 Å². The lowest BCUT2D eigenvalue weighted by atomic mass is 9.85. The van der Waals surface area contributed by atoms with E-state index in [2.05, 4.69) is 11.4 Å². The summed E-state index contributed by atoms with van der Waals surface area (Å²) in [5.41, 5.74) is 2.30. The maximum atomic E-state index is 11.9. The molecule has 3 heteroatoms. The summed E-state index contributed by atoms with van der Waals surface area (Å²) in [6.45, 7) is 5.12. The molecule has 3 nitrogen and oxygen atoms in total. The molecule has 0 saturated carbocycles. The number of rotatable bonds is 2. The summed E-state index contributed by atoms with van der Waals surface area (Å²) < 4.78 is 5.13. The molecule has 1 aromatic rings. The predicted molar refractivity (Wildman–Crippen MR) is 62.1 cm³/mol. The number of nitrogens with one attached hydrogen (secondary N) is 1. The van der Waals surface area contributed by atoms with Crippen molar-refractivity contribution in [3.63, 3.8) is 0 Å². The molecule has 2 atom stereocenters. The number of fused-ring (bicyclic) bond motifs is 1. The number of benzene rings is 1. The van der Waals surface area contributed by atoms with Gasteiger partial charge in [-0.3, -0.25) is 4.79 Å². The van der Waals surface area contributed by atoms with Gasteiger partial charge in [0.1, 0.15) is 0 Å². The molecule has 2 rings (SSSR count). The summed E-state index contributed by atoms with van der Waals surface area (Å²) in [4.78, 5) is 11.9. The van der Waals surface area contributed by atoms with E-state index in [4.69, 9.17) is 4.74 Å². The summed E-state index contributed by atoms with van der Waals surface area (Å²) >= 11 is 0. The Morgan fingerprint density at radius 3 is 3.00 bits per heavy atom. The highest BCUT2D eigenvalue weighted by molar-refractivity contribution is 5.80. The lowest BCUT2D eigenvalue weighted by Crippen LogP contribution is -2.41. The molecule has 0 aliphatic carbocycles. The first-order valence-electron chi connectivity index (χ1n) is 5.72. The molecular formula is C13H17NO2. The molecular weight excluding hydrogens is 202 g/mol. The second kappa shape index (κ2) is 4.66. The van der Waals surface area contributed by atoms with E-state index in [-0.39, 0.29) is 17.9 Å². The van der Waals surface area contributed by atoms with Crippen LogP contribution >= 0.6 is 0 Å². The monoisotopic (exact) mass is 219 g/mol. The lowest BCUT2D eigenvalue weighted by Gasteiger charge is -2.30. The SMILES string of the molecule is CCOC(=O)[C@@H]1c2ccccc2CN[C@@H]1C. The van der Waals surface area contributed by atoms with Crippen LogP contribution in [-0.2, 0) is 16.1 Å². The van der Waals surface area contributed by atoms with E-state index in [1.807, 2.05) is 32.0 Å². The van der Waals surface area contributed by atoms with Crippen LogP contribution in [0, 0.1) is 0 Å². The number of carbonyl (C=O) groups excluding carboxylic acids is 1. The van der Waals surface area contributed by atoms with E-state index in [0.717, 1.165) is 12.1 Å². The van der Waals surface area contributed by atoms with Gasteiger partial charge in [-0.15, -0.1) is 0 Å². The van der Waals surface area contributed by atoms with E-state index in [9.17, 15) is 4.79 Å². The number of carbonyl (C=O) groups is 1. The predicted octanol–water partition coefficient (Wildman–Crippen LogP) is 1.82. The first-order chi connectivity index (χ1) is 7.74. The van der Waals surface area contributed by atoms with Gasteiger partial charge < -0.3 is 10.1 Å². The first kappa shape index (κ1) is 11.1. The zero-order valence-electron chi connectivity index (χ0n) is 9.69. The molecule has 1 aromatic carbocycles. The molecule has 16 heavy (non-hydrogen) atoms. The third-order valence-corrected chi connectivity index (χ3v) is 3.05. The minimum Gasteiger partial charge on any atom is -0.465 e. The van der Waals surface area contributed by atoms with Gasteiger partial charge in [0.2, 0.25) is 0 Å². The van der Waals surface area contributed by atoms with Gasteiger partial charge >= 0.3 is 5.97 Å². The van der Waals surface area contributed by atoms with Crippen LogP contribution in [0.25, 0.3) is 0 Å². The van der Waals surface area contributed by atoms with Crippen molar-refractivity contribution < 1.29 is 9.53 Å². The third-order valence-electron chi connectivity index (χ3n) is 3.05. The van der Waals surface area contributed by atoms with Crippen LogP contribution in [0.3, 0.4) is 0 Å². The number of esters is 1. The highest BCUT2D eigenvalue weighted by atomic mass is 16.5. The lowest BCUT2D eigenvalue weighted by molar-refractivity contribution is -0.145. The molecule has 0 aromatic heterocycles. The Kier molecular flexibility index (Phi) is 3.25. The van der Waals surface area contributed by atoms with Crippen molar-refractivity contribution in [1.29, 1.82) is 0 Å². The fourth-order valence-electron chi connectivity index (χ4n) is 2.22. The van der Waals surface area contributed by atoms with E-state index in [0.29, 0.717) is 6.61 Å². The van der Waals surface area contributed by atoms with E-state index in [1.54, 1.807) is 0 Å². The van der Waals surface area contributed by atoms with Crippen LogP contribution in [-0.4, -0.2) is 18.6 Å². The molecule has 86 valence electrons. The van der Waals surface area contributed by atoms with Crippen molar-refractivity contribution in [2.75, 3.05) is 6.61 Å². The topological polar surface area (TPSA) is 38.3 Å². The Balaban J connectivity index is 2.33. The minimum atomic E-state index is -0.176. The van der Waals surface area contributed by atoms with Crippen molar-refractivity contribution in [2.45, 2.75) is 32.4 Å². The van der Waals surface area contributed by atoms with E-state index >= 15 is 0 Å². The maximum Gasteiger partial charge on any atom is 0.315 e. The number of hydrogen-bond donors (Lipinski definition) is 1. The van der Waals surface area contributed by atoms with Crippen molar-refractivity contribution in [2.24, 2.45) is 0 Å². The Morgan fingerprint density at radius 1 is 1.50 bits per heavy atom. The average Bonchev–Trinajstić information content (AvgIpc) is 2.29. The number of hydrogen-bond acceptors (Lipinski definition) is 3. The summed E-state index contributed by atoms with van der Waals surface area (Å²) in [5.74, 6) is -0.306. The van der Waals surface area contributed by atoms with Crippen LogP contribution < -0.4 is 5.32 Å². The van der Waals surface area contributed by atoms with Gasteiger partial charge in [0.25, 0.3) is 0 Å². The summed E-state index contributed by atoms with van der Waals surface area (Å²) in [6, 6.07) is 8.19. The molecule has 0 unspecified atom stereocenters. The largest absolute Gasteiger partial charge is 0.465 e. The first-order valence-corrected chi connectivity index (χ1v) is 5.72. The van der Waals surface area contributed by atoms with Gasteiger partial charge in [-0.2, -0.15) is 0 Å². The summed E-state index contributed by atoms with van der Waals surface area (Å²) in [5, 5.41) is 3.33. The van der Waals surface area contributed by atoms with Crippen molar-refractivity contribution in [3.05, 3.63) is 35.4 Å². The van der Waals surface area contributed by atoms with Gasteiger partial charge in [0.05, 0.1) is 12.5 Å². The highest BCUT2D eigenvalue weighted by Crippen LogP contribution is 2.28. The van der Waals surface area contributed by atoms with Crippen LogP contribution in [0.1, 0.15) is 30.9 Å². The van der Waals surface area contributed by atoms with Crippen molar-refractivity contribution in [3.8, 4) is 0 Å². The van der Waals surface area contributed by atoms with Crippen LogP contribution in [0.4, 0.5) is 0 Å². The van der Waals surface area contributed by atoms with Crippen molar-refractivity contribution in [1.82, 2.24) is 5.32 Å². The molecule has 0 amide bonds. The van der Waals surface area contributed by atoms with Crippen LogP contribution in [0.2, 0.25) is 0 Å². The molecule has 1 N–H and O–H groups in total. The standard InChI is InChI=1S/C13H17NO2/c1-3-16-13(15)12-9(2)14-8-10-6-4-5-7-11(10)12/h4-7,9,12,14H,3,8H2,1-2H3/t9-,12+/m1/s1. The summed E-state index contributed by atoms with van der Waals surface area (Å²) in [6.07, 6.45) is 0. The Bertz CT molecular complexity index is 389. The molecule has 0 radical (unpaired) electrons. The van der Waals surface area contributed by atoms with Gasteiger partial charge in [-0.05, 0) is 25.0 Å². The second-order valence-electron chi connectivity index (χ2n) is 4.10. The second-order valence-corrected chi connectivity index (χ2v) is 4.10. The van der Waals surface area contributed by atoms with Gasteiger partial charge in [-0.25, -0.2) is 0 Å². The normalized spacial score (nSPS) is 23.6. The fraction of sp³-hybridized carbons (Fsp3) is 0.462. The van der Waals surface area contributed by atoms with Gasteiger partial charge in [-0.1, -0.05) is 24.3 Å². The van der Waals surface area contributed by atoms with E-state index < -0.39 is 0 Å². The van der Waals surface area contributed by atoms with Crippen LogP contribution in [0.15, 0.2) is 24.3 Å². The van der Waals surface area contributed by atoms with E-state index in [1.165, 1.54) is 5.56 Å². The molecule has 0 spiro atoms. The highest BCUT2D eigenvalue weighted by Gasteiger charge is 2.32. The zero-order chi connectivity index (χ0) is 11.5. The van der Waals surface area contributed by atoms with Crippen LogP contribution in [0.5, 0.6) is 0 Å². The van der Waals surface area contributed by atoms with Gasteiger partial charge in [0.15, 0.2) is 0 Å². The smallest absolute Gasteiger partial charge is 0.315 e. The zero-order valence-corrected chi connectivity index (χ0v) is 9.69.